The highest BCUT2D eigenvalue weighted by Gasteiger charge is 2.16. The molecule has 0 spiro atoms. The molecule has 0 saturated carbocycles. The average molecular weight is 261 g/mol. The molecule has 0 radical (unpaired) electrons. The van der Waals surface area contributed by atoms with Crippen LogP contribution in [-0.4, -0.2) is 40.7 Å². The van der Waals surface area contributed by atoms with E-state index in [1.165, 1.54) is 30.8 Å². The minimum absolute atomic E-state index is 0.615. The number of piperidine rings is 1. The van der Waals surface area contributed by atoms with E-state index < -0.39 is 0 Å². The lowest BCUT2D eigenvalue weighted by Gasteiger charge is -2.27. The first-order valence-electron chi connectivity index (χ1n) is 5.64. The van der Waals surface area contributed by atoms with Crippen LogP contribution in [0.1, 0.15) is 25.0 Å². The van der Waals surface area contributed by atoms with Crippen molar-refractivity contribution in [3.8, 4) is 0 Å². The van der Waals surface area contributed by atoms with E-state index in [1.807, 2.05) is 0 Å². The maximum absolute atomic E-state index is 5.98. The summed E-state index contributed by atoms with van der Waals surface area (Å²) in [5, 5.41) is 7.56. The summed E-state index contributed by atoms with van der Waals surface area (Å²) < 4.78 is 4.55. The van der Waals surface area contributed by atoms with Crippen LogP contribution in [0.5, 0.6) is 0 Å². The Bertz CT molecular complexity index is 324. The number of rotatable bonds is 4. The van der Waals surface area contributed by atoms with Crippen LogP contribution in [-0.2, 0) is 6.54 Å². The van der Waals surface area contributed by atoms with Crippen LogP contribution in [0.2, 0.25) is 4.34 Å². The Hall–Kier alpha value is -0.230. The highest BCUT2D eigenvalue weighted by Crippen LogP contribution is 2.18. The average Bonchev–Trinajstić information content (AvgIpc) is 2.66. The SMILES string of the molecule is CN(Cc1nnsc1Cl)CC1CCCCN1. The van der Waals surface area contributed by atoms with Crippen LogP contribution in [0.3, 0.4) is 0 Å². The monoisotopic (exact) mass is 260 g/mol. The number of nitrogens with zero attached hydrogens (tertiary/aromatic N) is 3. The number of halogens is 1. The van der Waals surface area contributed by atoms with Gasteiger partial charge in [-0.05, 0) is 26.4 Å². The largest absolute Gasteiger partial charge is 0.313 e. The van der Waals surface area contributed by atoms with Gasteiger partial charge in [-0.2, -0.15) is 0 Å². The summed E-state index contributed by atoms with van der Waals surface area (Å²) in [7, 11) is 2.10. The molecule has 1 saturated heterocycles. The molecule has 1 aliphatic heterocycles. The van der Waals surface area contributed by atoms with E-state index in [1.54, 1.807) is 0 Å². The molecule has 1 N–H and O–H groups in total. The summed E-state index contributed by atoms with van der Waals surface area (Å²) in [6.45, 7) is 2.99. The zero-order chi connectivity index (χ0) is 11.4. The Morgan fingerprint density at radius 1 is 1.56 bits per heavy atom. The fourth-order valence-corrected chi connectivity index (χ4v) is 2.68. The summed E-state index contributed by atoms with van der Waals surface area (Å²) in [5.74, 6) is 0. The molecular weight excluding hydrogens is 244 g/mol. The minimum atomic E-state index is 0.615. The third-order valence-electron chi connectivity index (χ3n) is 2.87. The summed E-state index contributed by atoms with van der Waals surface area (Å²) in [6, 6.07) is 0.615. The van der Waals surface area contributed by atoms with E-state index in [0.29, 0.717) is 10.4 Å². The van der Waals surface area contributed by atoms with Crippen molar-refractivity contribution in [1.82, 2.24) is 19.8 Å². The van der Waals surface area contributed by atoms with E-state index in [4.69, 9.17) is 11.6 Å². The van der Waals surface area contributed by atoms with Gasteiger partial charge in [0.25, 0.3) is 0 Å². The van der Waals surface area contributed by atoms with Gasteiger partial charge in [0.05, 0.1) is 0 Å². The number of nitrogens with one attached hydrogen (secondary N) is 1. The Labute approximate surface area is 105 Å². The van der Waals surface area contributed by atoms with Gasteiger partial charge in [0.1, 0.15) is 10.0 Å². The molecule has 0 aliphatic carbocycles. The van der Waals surface area contributed by atoms with Crippen molar-refractivity contribution in [2.45, 2.75) is 31.8 Å². The second kappa shape index (κ2) is 5.91. The molecule has 2 heterocycles. The molecule has 1 fully saturated rings. The molecule has 6 heteroatoms. The van der Waals surface area contributed by atoms with Crippen molar-refractivity contribution < 1.29 is 0 Å². The van der Waals surface area contributed by atoms with Gasteiger partial charge in [0.2, 0.25) is 0 Å². The first-order valence-corrected chi connectivity index (χ1v) is 6.79. The van der Waals surface area contributed by atoms with Gasteiger partial charge in [0.15, 0.2) is 0 Å². The van der Waals surface area contributed by atoms with Gasteiger partial charge < -0.3 is 5.32 Å². The van der Waals surface area contributed by atoms with Crippen LogP contribution in [0.15, 0.2) is 0 Å². The number of hydrogen-bond donors (Lipinski definition) is 1. The van der Waals surface area contributed by atoms with Crippen molar-refractivity contribution in [2.75, 3.05) is 20.1 Å². The van der Waals surface area contributed by atoms with Crippen LogP contribution < -0.4 is 5.32 Å². The third kappa shape index (κ3) is 3.38. The quantitative estimate of drug-likeness (QED) is 0.896. The number of hydrogen-bond acceptors (Lipinski definition) is 5. The molecule has 1 unspecified atom stereocenters. The fourth-order valence-electron chi connectivity index (χ4n) is 2.07. The summed E-state index contributed by atoms with van der Waals surface area (Å²) in [5.41, 5.74) is 0.893. The number of aromatic nitrogens is 2. The molecule has 1 aromatic rings. The van der Waals surface area contributed by atoms with Crippen LogP contribution >= 0.6 is 23.1 Å². The minimum Gasteiger partial charge on any atom is -0.313 e. The topological polar surface area (TPSA) is 41.1 Å². The molecule has 1 atom stereocenters. The standard InChI is InChI=1S/C10H17ClN4S/c1-15(6-8-4-2-3-5-12-8)7-9-10(11)16-14-13-9/h8,12H,2-7H2,1H3. The van der Waals surface area contributed by atoms with Crippen LogP contribution in [0.25, 0.3) is 0 Å². The second-order valence-electron chi connectivity index (χ2n) is 4.34. The third-order valence-corrected chi connectivity index (χ3v) is 3.86. The van der Waals surface area contributed by atoms with Crippen molar-refractivity contribution in [3.05, 3.63) is 10.0 Å². The highest BCUT2D eigenvalue weighted by atomic mass is 35.5. The lowest BCUT2D eigenvalue weighted by molar-refractivity contribution is 0.254. The predicted octanol–water partition coefficient (Wildman–Crippen LogP) is 1.77. The Balaban J connectivity index is 1.79. The van der Waals surface area contributed by atoms with Gasteiger partial charge >= 0.3 is 0 Å². The summed E-state index contributed by atoms with van der Waals surface area (Å²) >= 11 is 7.23. The van der Waals surface area contributed by atoms with Crippen molar-refractivity contribution in [1.29, 1.82) is 0 Å². The van der Waals surface area contributed by atoms with E-state index in [0.717, 1.165) is 25.3 Å². The van der Waals surface area contributed by atoms with Crippen LogP contribution in [0.4, 0.5) is 0 Å². The Morgan fingerprint density at radius 3 is 3.06 bits per heavy atom. The first kappa shape index (κ1) is 12.2. The maximum Gasteiger partial charge on any atom is 0.138 e. The van der Waals surface area contributed by atoms with Crippen molar-refractivity contribution >= 4 is 23.1 Å². The van der Waals surface area contributed by atoms with Gasteiger partial charge in [-0.3, -0.25) is 4.90 Å². The maximum atomic E-state index is 5.98. The zero-order valence-corrected chi connectivity index (χ0v) is 11.0. The highest BCUT2D eigenvalue weighted by molar-refractivity contribution is 7.10. The van der Waals surface area contributed by atoms with E-state index in [9.17, 15) is 0 Å². The van der Waals surface area contributed by atoms with Crippen LogP contribution in [0, 0.1) is 0 Å². The van der Waals surface area contributed by atoms with Crippen molar-refractivity contribution in [3.63, 3.8) is 0 Å². The van der Waals surface area contributed by atoms with Gasteiger partial charge in [-0.1, -0.05) is 22.5 Å². The molecule has 2 rings (SSSR count). The Morgan fingerprint density at radius 2 is 2.44 bits per heavy atom. The smallest absolute Gasteiger partial charge is 0.138 e. The van der Waals surface area contributed by atoms with Gasteiger partial charge in [-0.15, -0.1) is 5.10 Å². The first-order chi connectivity index (χ1) is 7.75. The molecule has 0 bridgehead atoms. The molecule has 1 aliphatic rings. The van der Waals surface area contributed by atoms with E-state index >= 15 is 0 Å². The van der Waals surface area contributed by atoms with Crippen molar-refractivity contribution in [2.24, 2.45) is 0 Å². The fraction of sp³-hybridized carbons (Fsp3) is 0.800. The molecular formula is C10H17ClN4S. The molecule has 0 aromatic carbocycles. The molecule has 90 valence electrons. The molecule has 16 heavy (non-hydrogen) atoms. The van der Waals surface area contributed by atoms with Gasteiger partial charge in [-0.25, -0.2) is 0 Å². The lowest BCUT2D eigenvalue weighted by Crippen LogP contribution is -2.42. The second-order valence-corrected chi connectivity index (χ2v) is 5.69. The predicted molar refractivity (Wildman–Crippen MR) is 66.9 cm³/mol. The summed E-state index contributed by atoms with van der Waals surface area (Å²) in [4.78, 5) is 2.26. The zero-order valence-electron chi connectivity index (χ0n) is 9.45. The molecule has 4 nitrogen and oxygen atoms in total. The van der Waals surface area contributed by atoms with E-state index in [2.05, 4.69) is 26.9 Å². The Kier molecular flexibility index (Phi) is 4.52. The normalized spacial score (nSPS) is 21.6. The molecule has 1 aromatic heterocycles. The van der Waals surface area contributed by atoms with E-state index in [-0.39, 0.29) is 0 Å². The number of likely N-dealkylation sites (N-methyl/N-ethyl adjacent to an activating group) is 1. The summed E-state index contributed by atoms with van der Waals surface area (Å²) in [6.07, 6.45) is 3.92. The van der Waals surface area contributed by atoms with Gasteiger partial charge in [0, 0.05) is 30.7 Å². The molecule has 0 amide bonds. The lowest BCUT2D eigenvalue weighted by atomic mass is 10.0.